The molecule has 0 spiro atoms. The van der Waals surface area contributed by atoms with Gasteiger partial charge in [0.05, 0.1) is 6.67 Å². The molecule has 0 bridgehead atoms. The Hall–Kier alpha value is -0.610. The van der Waals surface area contributed by atoms with Crippen LogP contribution in [0.3, 0.4) is 0 Å². The van der Waals surface area contributed by atoms with Gasteiger partial charge in [0.15, 0.2) is 12.3 Å². The molecule has 0 saturated heterocycles. The topological polar surface area (TPSA) is 0 Å². The van der Waals surface area contributed by atoms with Gasteiger partial charge in [-0.3, -0.25) is 4.39 Å². The number of hydrogen-bond acceptors (Lipinski definition) is 0. The normalized spacial score (nSPS) is 17.1. The van der Waals surface area contributed by atoms with Crippen LogP contribution in [0.5, 0.6) is 0 Å². The van der Waals surface area contributed by atoms with E-state index in [4.69, 9.17) is 0 Å². The van der Waals surface area contributed by atoms with Gasteiger partial charge in [-0.15, -0.1) is 6.58 Å². The van der Waals surface area contributed by atoms with E-state index < -0.39 is 31.4 Å². The smallest absolute Gasteiger partial charge is 0.251 e. The molecule has 0 heterocycles. The zero-order chi connectivity index (χ0) is 9.78. The summed E-state index contributed by atoms with van der Waals surface area (Å²) in [5, 5.41) is 0. The van der Waals surface area contributed by atoms with Crippen molar-refractivity contribution in [2.75, 3.05) is 6.67 Å². The molecular weight excluding hydrogens is 179 g/mol. The minimum absolute atomic E-state index is 0.427. The maximum atomic E-state index is 12.4. The molecule has 2 unspecified atom stereocenters. The van der Waals surface area contributed by atoms with E-state index in [9.17, 15) is 22.0 Å². The van der Waals surface area contributed by atoms with Crippen molar-refractivity contribution >= 4 is 0 Å². The van der Waals surface area contributed by atoms with E-state index in [2.05, 4.69) is 6.58 Å². The average molecular weight is 188 g/mol. The largest absolute Gasteiger partial charge is 0.284 e. The SMILES string of the molecule is C=CC(F)C(F)C(F)(F)CCF. The van der Waals surface area contributed by atoms with E-state index in [0.717, 1.165) is 0 Å². The van der Waals surface area contributed by atoms with Crippen LogP contribution >= 0.6 is 0 Å². The van der Waals surface area contributed by atoms with Crippen LogP contribution in [0.4, 0.5) is 22.0 Å². The highest BCUT2D eigenvalue weighted by atomic mass is 19.3. The molecule has 0 aliphatic carbocycles. The second-order valence-corrected chi connectivity index (χ2v) is 2.28. The molecule has 0 aromatic rings. The number of hydrogen-bond donors (Lipinski definition) is 0. The standard InChI is InChI=1S/C7H9F5/c1-2-5(9)6(10)7(11,12)3-4-8/h2,5-6H,1,3-4H2. The third kappa shape index (κ3) is 2.79. The van der Waals surface area contributed by atoms with Crippen LogP contribution in [-0.4, -0.2) is 24.9 Å². The summed E-state index contributed by atoms with van der Waals surface area (Å²) in [5.41, 5.74) is 0. The fourth-order valence-corrected chi connectivity index (χ4v) is 0.616. The number of rotatable bonds is 5. The molecule has 0 aliphatic heterocycles. The number of alkyl halides is 5. The van der Waals surface area contributed by atoms with Gasteiger partial charge in [-0.25, -0.2) is 17.6 Å². The van der Waals surface area contributed by atoms with E-state index in [0.29, 0.717) is 6.08 Å². The number of allylic oxidation sites excluding steroid dienone is 1. The van der Waals surface area contributed by atoms with Crippen LogP contribution < -0.4 is 0 Å². The van der Waals surface area contributed by atoms with E-state index in [1.165, 1.54) is 0 Å². The first-order valence-corrected chi connectivity index (χ1v) is 3.30. The Bertz CT molecular complexity index is 145. The van der Waals surface area contributed by atoms with Gasteiger partial charge in [0.2, 0.25) is 0 Å². The molecule has 0 radical (unpaired) electrons. The molecule has 0 fully saturated rings. The Morgan fingerprint density at radius 3 is 2.17 bits per heavy atom. The van der Waals surface area contributed by atoms with Crippen LogP contribution in [0, 0.1) is 0 Å². The van der Waals surface area contributed by atoms with Crippen molar-refractivity contribution < 1.29 is 22.0 Å². The molecule has 2 atom stereocenters. The molecule has 0 rings (SSSR count). The molecule has 5 heteroatoms. The van der Waals surface area contributed by atoms with Crippen LogP contribution in [0.2, 0.25) is 0 Å². The average Bonchev–Trinajstić information content (AvgIpc) is 2.01. The zero-order valence-corrected chi connectivity index (χ0v) is 6.24. The van der Waals surface area contributed by atoms with Gasteiger partial charge in [-0.05, 0) is 0 Å². The molecule has 0 aromatic carbocycles. The van der Waals surface area contributed by atoms with Crippen molar-refractivity contribution in [2.24, 2.45) is 0 Å². The summed E-state index contributed by atoms with van der Waals surface area (Å²) in [6.07, 6.45) is -6.34. The van der Waals surface area contributed by atoms with Gasteiger partial charge >= 0.3 is 0 Å². The molecular formula is C7H9F5. The molecule has 0 N–H and O–H groups in total. The van der Waals surface area contributed by atoms with Crippen LogP contribution in [0.15, 0.2) is 12.7 Å². The summed E-state index contributed by atoms with van der Waals surface area (Å²) in [7, 11) is 0. The summed E-state index contributed by atoms with van der Waals surface area (Å²) in [6, 6.07) is 0. The second-order valence-electron chi connectivity index (χ2n) is 2.28. The van der Waals surface area contributed by atoms with Crippen LogP contribution in [0.1, 0.15) is 6.42 Å². The molecule has 0 aromatic heterocycles. The molecule has 0 saturated carbocycles. The third-order valence-electron chi connectivity index (χ3n) is 1.34. The highest BCUT2D eigenvalue weighted by molar-refractivity contribution is 4.92. The first-order valence-electron chi connectivity index (χ1n) is 3.30. The van der Waals surface area contributed by atoms with Gasteiger partial charge in [0.1, 0.15) is 0 Å². The Morgan fingerprint density at radius 2 is 1.83 bits per heavy atom. The van der Waals surface area contributed by atoms with E-state index in [1.54, 1.807) is 0 Å². The van der Waals surface area contributed by atoms with Crippen molar-refractivity contribution in [3.63, 3.8) is 0 Å². The van der Waals surface area contributed by atoms with E-state index in [1.807, 2.05) is 0 Å². The fourth-order valence-electron chi connectivity index (χ4n) is 0.616. The predicted octanol–water partition coefficient (Wildman–Crippen LogP) is 2.84. The van der Waals surface area contributed by atoms with E-state index >= 15 is 0 Å². The van der Waals surface area contributed by atoms with Gasteiger partial charge in [-0.1, -0.05) is 6.08 Å². The van der Waals surface area contributed by atoms with Crippen molar-refractivity contribution in [3.8, 4) is 0 Å². The van der Waals surface area contributed by atoms with E-state index in [-0.39, 0.29) is 0 Å². The lowest BCUT2D eigenvalue weighted by atomic mass is 10.1. The second kappa shape index (κ2) is 4.42. The van der Waals surface area contributed by atoms with Crippen molar-refractivity contribution in [2.45, 2.75) is 24.7 Å². The van der Waals surface area contributed by atoms with Crippen molar-refractivity contribution in [1.29, 1.82) is 0 Å². The predicted molar refractivity (Wildman–Crippen MR) is 35.5 cm³/mol. The Balaban J connectivity index is 4.22. The number of halogens is 5. The minimum Gasteiger partial charge on any atom is -0.251 e. The fraction of sp³-hybridized carbons (Fsp3) is 0.714. The molecule has 0 amide bonds. The van der Waals surface area contributed by atoms with Crippen molar-refractivity contribution in [1.82, 2.24) is 0 Å². The summed E-state index contributed by atoms with van der Waals surface area (Å²) >= 11 is 0. The van der Waals surface area contributed by atoms with Gasteiger partial charge in [0, 0.05) is 6.42 Å². The van der Waals surface area contributed by atoms with Gasteiger partial charge < -0.3 is 0 Å². The molecule has 0 nitrogen and oxygen atoms in total. The Kier molecular flexibility index (Phi) is 4.20. The highest BCUT2D eigenvalue weighted by Crippen LogP contribution is 2.29. The summed E-state index contributed by atoms with van der Waals surface area (Å²) in [5.74, 6) is -3.96. The minimum atomic E-state index is -3.96. The lowest BCUT2D eigenvalue weighted by Crippen LogP contribution is -2.36. The Morgan fingerprint density at radius 1 is 1.33 bits per heavy atom. The van der Waals surface area contributed by atoms with Crippen LogP contribution in [-0.2, 0) is 0 Å². The molecule has 72 valence electrons. The molecule has 12 heavy (non-hydrogen) atoms. The lowest BCUT2D eigenvalue weighted by molar-refractivity contribution is -0.0993. The summed E-state index contributed by atoms with van der Waals surface area (Å²) < 4.78 is 60.8. The first-order chi connectivity index (χ1) is 5.45. The summed E-state index contributed by atoms with van der Waals surface area (Å²) in [6.45, 7) is 1.44. The monoisotopic (exact) mass is 188 g/mol. The van der Waals surface area contributed by atoms with Crippen molar-refractivity contribution in [3.05, 3.63) is 12.7 Å². The Labute approximate surface area is 67.1 Å². The highest BCUT2D eigenvalue weighted by Gasteiger charge is 2.43. The first kappa shape index (κ1) is 11.4. The quantitative estimate of drug-likeness (QED) is 0.459. The van der Waals surface area contributed by atoms with Crippen LogP contribution in [0.25, 0.3) is 0 Å². The maximum Gasteiger partial charge on any atom is 0.284 e. The molecule has 0 aliphatic rings. The summed E-state index contributed by atoms with van der Waals surface area (Å²) in [4.78, 5) is 0. The lowest BCUT2D eigenvalue weighted by Gasteiger charge is -2.20. The van der Waals surface area contributed by atoms with Gasteiger partial charge in [0.25, 0.3) is 5.92 Å². The third-order valence-corrected chi connectivity index (χ3v) is 1.34. The maximum absolute atomic E-state index is 12.4. The van der Waals surface area contributed by atoms with Gasteiger partial charge in [-0.2, -0.15) is 0 Å². The zero-order valence-electron chi connectivity index (χ0n) is 6.24.